The highest BCUT2D eigenvalue weighted by Crippen LogP contribution is 2.37. The first-order valence-corrected chi connectivity index (χ1v) is 6.97. The van der Waals surface area contributed by atoms with E-state index in [1.54, 1.807) is 6.20 Å². The Kier molecular flexibility index (Phi) is 3.01. The van der Waals surface area contributed by atoms with Gasteiger partial charge in [0.05, 0.1) is 4.88 Å². The molecule has 0 bridgehead atoms. The van der Waals surface area contributed by atoms with Crippen LogP contribution in [0.3, 0.4) is 0 Å². The predicted molar refractivity (Wildman–Crippen MR) is 73.0 cm³/mol. The summed E-state index contributed by atoms with van der Waals surface area (Å²) in [6.45, 7) is 1.98. The van der Waals surface area contributed by atoms with Crippen molar-refractivity contribution < 1.29 is 4.79 Å². The van der Waals surface area contributed by atoms with Crippen LogP contribution in [-0.4, -0.2) is 24.0 Å². The molecule has 3 rings (SSSR count). The van der Waals surface area contributed by atoms with Crippen LogP contribution in [0.25, 0.3) is 10.2 Å². The molecule has 0 aromatic carbocycles. The Morgan fingerprint density at radius 1 is 1.56 bits per heavy atom. The first-order chi connectivity index (χ1) is 8.77. The molecule has 1 amide bonds. The van der Waals surface area contributed by atoms with E-state index in [9.17, 15) is 4.79 Å². The summed E-state index contributed by atoms with van der Waals surface area (Å²) in [5, 5.41) is 4.47. The van der Waals surface area contributed by atoms with Gasteiger partial charge in [0.1, 0.15) is 4.83 Å². The number of hydrogen-bond donors (Lipinski definition) is 2. The van der Waals surface area contributed by atoms with Gasteiger partial charge in [0, 0.05) is 18.1 Å². The second kappa shape index (κ2) is 4.66. The van der Waals surface area contributed by atoms with Gasteiger partial charge in [0.25, 0.3) is 5.91 Å². The van der Waals surface area contributed by atoms with Crippen molar-refractivity contribution in [3.63, 3.8) is 0 Å². The van der Waals surface area contributed by atoms with Gasteiger partial charge in [-0.15, -0.1) is 11.3 Å². The van der Waals surface area contributed by atoms with Gasteiger partial charge in [-0.3, -0.25) is 4.79 Å². The average molecular weight is 261 g/mol. The van der Waals surface area contributed by atoms with Crippen molar-refractivity contribution in [2.75, 3.05) is 13.1 Å². The lowest BCUT2D eigenvalue weighted by atomic mass is 9.90. The summed E-state index contributed by atoms with van der Waals surface area (Å²) in [5.74, 6) is 0.0396. The van der Waals surface area contributed by atoms with E-state index in [1.807, 2.05) is 12.1 Å². The second-order valence-corrected chi connectivity index (χ2v) is 5.61. The molecule has 2 aromatic rings. The number of pyridine rings is 1. The Hall–Kier alpha value is -1.46. The minimum Gasteiger partial charge on any atom is -0.365 e. The Labute approximate surface area is 109 Å². The van der Waals surface area contributed by atoms with Gasteiger partial charge >= 0.3 is 0 Å². The highest BCUT2D eigenvalue weighted by Gasteiger charge is 2.25. The SMILES string of the molecule is NC(=O)c1sc2ncccc2c1[C@@H]1CCCNC1. The van der Waals surface area contributed by atoms with Crippen LogP contribution in [0.2, 0.25) is 0 Å². The van der Waals surface area contributed by atoms with E-state index in [0.717, 1.165) is 41.7 Å². The van der Waals surface area contributed by atoms with Gasteiger partial charge in [-0.1, -0.05) is 6.07 Å². The Balaban J connectivity index is 2.17. The number of rotatable bonds is 2. The molecule has 1 aliphatic heterocycles. The Bertz CT molecular complexity index is 587. The van der Waals surface area contributed by atoms with Crippen LogP contribution in [-0.2, 0) is 0 Å². The van der Waals surface area contributed by atoms with Crippen LogP contribution < -0.4 is 11.1 Å². The van der Waals surface area contributed by atoms with Crippen molar-refractivity contribution in [1.29, 1.82) is 0 Å². The number of carbonyl (C=O) groups excluding carboxylic acids is 1. The third-order valence-corrected chi connectivity index (χ3v) is 4.58. The van der Waals surface area contributed by atoms with Crippen molar-refractivity contribution >= 4 is 27.5 Å². The molecule has 0 unspecified atom stereocenters. The normalized spacial score (nSPS) is 20.1. The number of nitrogens with one attached hydrogen (secondary N) is 1. The number of carbonyl (C=O) groups is 1. The third kappa shape index (κ3) is 1.89. The van der Waals surface area contributed by atoms with Gasteiger partial charge in [0.15, 0.2) is 0 Å². The standard InChI is InChI=1S/C13H15N3OS/c14-12(17)11-10(8-3-1-5-15-7-8)9-4-2-6-16-13(9)18-11/h2,4,6,8,15H,1,3,5,7H2,(H2,14,17)/t8-/m1/s1. The van der Waals surface area contributed by atoms with Gasteiger partial charge < -0.3 is 11.1 Å². The Morgan fingerprint density at radius 3 is 3.17 bits per heavy atom. The monoisotopic (exact) mass is 261 g/mol. The molecule has 1 saturated heterocycles. The predicted octanol–water partition coefficient (Wildman–Crippen LogP) is 1.86. The molecular formula is C13H15N3OS. The number of aromatic nitrogens is 1. The van der Waals surface area contributed by atoms with Crippen LogP contribution in [0, 0.1) is 0 Å². The fraction of sp³-hybridized carbons (Fsp3) is 0.385. The van der Waals surface area contributed by atoms with E-state index in [1.165, 1.54) is 11.3 Å². The molecule has 0 radical (unpaired) electrons. The first-order valence-electron chi connectivity index (χ1n) is 6.15. The molecule has 94 valence electrons. The lowest BCUT2D eigenvalue weighted by molar-refractivity contribution is 0.100. The van der Waals surface area contributed by atoms with Crippen molar-refractivity contribution in [2.45, 2.75) is 18.8 Å². The lowest BCUT2D eigenvalue weighted by Crippen LogP contribution is -2.29. The number of hydrogen-bond acceptors (Lipinski definition) is 4. The lowest BCUT2D eigenvalue weighted by Gasteiger charge is -2.23. The number of primary amides is 1. The number of thiophene rings is 1. The number of nitrogens with zero attached hydrogens (tertiary/aromatic N) is 1. The number of fused-ring (bicyclic) bond motifs is 1. The minimum atomic E-state index is -0.335. The summed E-state index contributed by atoms with van der Waals surface area (Å²) in [4.78, 5) is 17.5. The summed E-state index contributed by atoms with van der Waals surface area (Å²) < 4.78 is 0. The van der Waals surface area contributed by atoms with E-state index in [2.05, 4.69) is 10.3 Å². The molecule has 1 atom stereocenters. The molecule has 0 aliphatic carbocycles. The van der Waals surface area contributed by atoms with E-state index in [4.69, 9.17) is 5.73 Å². The molecule has 1 aliphatic rings. The topological polar surface area (TPSA) is 68.0 Å². The third-order valence-electron chi connectivity index (χ3n) is 3.43. The van der Waals surface area contributed by atoms with E-state index in [0.29, 0.717) is 10.8 Å². The molecule has 0 spiro atoms. The zero-order chi connectivity index (χ0) is 12.5. The average Bonchev–Trinajstić information content (AvgIpc) is 2.79. The van der Waals surface area contributed by atoms with Crippen LogP contribution in [0.15, 0.2) is 18.3 Å². The molecule has 0 saturated carbocycles. The number of piperidine rings is 1. The van der Waals surface area contributed by atoms with Crippen molar-refractivity contribution in [1.82, 2.24) is 10.3 Å². The molecule has 3 N–H and O–H groups in total. The molecule has 1 fully saturated rings. The molecule has 5 heteroatoms. The summed E-state index contributed by atoms with van der Waals surface area (Å²) in [5.41, 5.74) is 6.61. The van der Waals surface area contributed by atoms with Crippen LogP contribution in [0.1, 0.15) is 34.0 Å². The minimum absolute atomic E-state index is 0.335. The van der Waals surface area contributed by atoms with Crippen LogP contribution in [0.5, 0.6) is 0 Å². The van der Waals surface area contributed by atoms with Crippen molar-refractivity contribution in [3.05, 3.63) is 28.8 Å². The molecule has 2 aromatic heterocycles. The molecule has 3 heterocycles. The highest BCUT2D eigenvalue weighted by molar-refractivity contribution is 7.20. The largest absolute Gasteiger partial charge is 0.365 e. The van der Waals surface area contributed by atoms with Crippen LogP contribution in [0.4, 0.5) is 0 Å². The maximum absolute atomic E-state index is 11.6. The summed E-state index contributed by atoms with van der Waals surface area (Å²) in [7, 11) is 0. The zero-order valence-electron chi connectivity index (χ0n) is 9.98. The first kappa shape index (κ1) is 11.6. The fourth-order valence-corrected chi connectivity index (χ4v) is 3.72. The van der Waals surface area contributed by atoms with E-state index >= 15 is 0 Å². The quantitative estimate of drug-likeness (QED) is 0.867. The smallest absolute Gasteiger partial charge is 0.259 e. The summed E-state index contributed by atoms with van der Waals surface area (Å²) >= 11 is 1.41. The summed E-state index contributed by atoms with van der Waals surface area (Å²) in [6, 6.07) is 3.95. The fourth-order valence-electron chi connectivity index (χ4n) is 2.64. The van der Waals surface area contributed by atoms with Crippen molar-refractivity contribution in [3.8, 4) is 0 Å². The number of nitrogens with two attached hydrogens (primary N) is 1. The van der Waals surface area contributed by atoms with Crippen molar-refractivity contribution in [2.24, 2.45) is 5.73 Å². The van der Waals surface area contributed by atoms with Gasteiger partial charge in [0.2, 0.25) is 0 Å². The molecule has 18 heavy (non-hydrogen) atoms. The van der Waals surface area contributed by atoms with Crippen LogP contribution >= 0.6 is 11.3 Å². The second-order valence-electron chi connectivity index (χ2n) is 4.61. The summed E-state index contributed by atoms with van der Waals surface area (Å²) in [6.07, 6.45) is 4.00. The van der Waals surface area contributed by atoms with Gasteiger partial charge in [-0.05, 0) is 36.9 Å². The Morgan fingerprint density at radius 2 is 2.44 bits per heavy atom. The molecular weight excluding hydrogens is 246 g/mol. The van der Waals surface area contributed by atoms with Gasteiger partial charge in [-0.25, -0.2) is 4.98 Å². The maximum atomic E-state index is 11.6. The zero-order valence-corrected chi connectivity index (χ0v) is 10.8. The highest BCUT2D eigenvalue weighted by atomic mass is 32.1. The molecule has 4 nitrogen and oxygen atoms in total. The van der Waals surface area contributed by atoms with Gasteiger partial charge in [-0.2, -0.15) is 0 Å². The van der Waals surface area contributed by atoms with E-state index in [-0.39, 0.29) is 5.91 Å². The maximum Gasteiger partial charge on any atom is 0.259 e. The number of amides is 1. The van der Waals surface area contributed by atoms with E-state index < -0.39 is 0 Å².